The zero-order valence-corrected chi connectivity index (χ0v) is 11.7. The second-order valence-electron chi connectivity index (χ2n) is 5.06. The number of halogens is 1. The van der Waals surface area contributed by atoms with Gasteiger partial charge in [0, 0.05) is 19.7 Å². The fraction of sp³-hybridized carbons (Fsp3) is 0.571. The average Bonchev–Trinajstić information content (AvgIpc) is 3.05. The summed E-state index contributed by atoms with van der Waals surface area (Å²) >= 11 is 6.16. The van der Waals surface area contributed by atoms with E-state index in [1.54, 1.807) is 7.11 Å². The molecule has 3 rings (SSSR count). The summed E-state index contributed by atoms with van der Waals surface area (Å²) in [5.74, 6) is 1.40. The van der Waals surface area contributed by atoms with Gasteiger partial charge in [-0.3, -0.25) is 0 Å². The summed E-state index contributed by atoms with van der Waals surface area (Å²) in [5.41, 5.74) is 1.12. The Hall–Kier alpha value is -0.970. The van der Waals surface area contributed by atoms with Crippen LogP contribution in [0.2, 0.25) is 5.02 Å². The number of hydrogen-bond donors (Lipinski definition) is 1. The normalized spacial score (nSPS) is 24.9. The molecule has 1 aromatic rings. The maximum atomic E-state index is 6.16. The molecule has 0 saturated heterocycles. The van der Waals surface area contributed by atoms with Gasteiger partial charge in [-0.15, -0.1) is 0 Å². The van der Waals surface area contributed by atoms with Crippen LogP contribution in [0.15, 0.2) is 12.1 Å². The van der Waals surface area contributed by atoms with Gasteiger partial charge in [-0.25, -0.2) is 0 Å². The molecule has 19 heavy (non-hydrogen) atoms. The summed E-state index contributed by atoms with van der Waals surface area (Å²) in [6.07, 6.45) is 3.78. The highest BCUT2D eigenvalue weighted by Gasteiger charge is 2.24. The average molecular weight is 284 g/mol. The van der Waals surface area contributed by atoms with E-state index < -0.39 is 0 Å². The molecule has 1 aliphatic heterocycles. The molecule has 0 aromatic heterocycles. The van der Waals surface area contributed by atoms with Gasteiger partial charge in [-0.2, -0.15) is 0 Å². The first-order valence-corrected chi connectivity index (χ1v) is 6.98. The Morgan fingerprint density at radius 1 is 1.37 bits per heavy atom. The summed E-state index contributed by atoms with van der Waals surface area (Å²) in [7, 11) is 1.78. The third kappa shape index (κ3) is 2.81. The van der Waals surface area contributed by atoms with Gasteiger partial charge in [0.1, 0.15) is 0 Å². The molecule has 2 aliphatic rings. The molecule has 0 bridgehead atoms. The first-order valence-electron chi connectivity index (χ1n) is 6.60. The van der Waals surface area contributed by atoms with Crippen LogP contribution in [0, 0.1) is 0 Å². The van der Waals surface area contributed by atoms with Crippen molar-refractivity contribution in [3.8, 4) is 11.5 Å². The van der Waals surface area contributed by atoms with Crippen LogP contribution in [-0.4, -0.2) is 26.0 Å². The van der Waals surface area contributed by atoms with Crippen molar-refractivity contribution in [3.63, 3.8) is 0 Å². The van der Waals surface area contributed by atoms with Gasteiger partial charge < -0.3 is 19.5 Å². The number of hydrogen-bond acceptors (Lipinski definition) is 4. The van der Waals surface area contributed by atoms with Crippen molar-refractivity contribution in [2.24, 2.45) is 0 Å². The maximum absolute atomic E-state index is 6.16. The first kappa shape index (κ1) is 13.0. The number of nitrogens with one attached hydrogen (secondary N) is 1. The van der Waals surface area contributed by atoms with Gasteiger partial charge in [0.05, 0.1) is 11.1 Å². The zero-order valence-electron chi connectivity index (χ0n) is 10.9. The standard InChI is InChI=1S/C14H18ClNO3/c1-17-11-3-2-10(6-11)16-7-9-4-12(15)14-13(5-9)18-8-19-14/h4-5,10-11,16H,2-3,6-8H2,1H3. The van der Waals surface area contributed by atoms with Crippen molar-refractivity contribution in [1.82, 2.24) is 5.32 Å². The van der Waals surface area contributed by atoms with Crippen LogP contribution in [0.25, 0.3) is 0 Å². The van der Waals surface area contributed by atoms with Crippen LogP contribution in [0.1, 0.15) is 24.8 Å². The minimum Gasteiger partial charge on any atom is -0.454 e. The Morgan fingerprint density at radius 2 is 2.26 bits per heavy atom. The summed E-state index contributed by atoms with van der Waals surface area (Å²) in [6.45, 7) is 1.04. The Balaban J connectivity index is 1.60. The topological polar surface area (TPSA) is 39.7 Å². The van der Waals surface area contributed by atoms with Crippen LogP contribution in [0.3, 0.4) is 0 Å². The molecule has 104 valence electrons. The lowest BCUT2D eigenvalue weighted by Gasteiger charge is -2.13. The third-order valence-corrected chi connectivity index (χ3v) is 4.08. The fourth-order valence-electron chi connectivity index (χ4n) is 2.72. The molecule has 1 saturated carbocycles. The summed E-state index contributed by atoms with van der Waals surface area (Å²) < 4.78 is 16.0. The van der Waals surface area contributed by atoms with Crippen LogP contribution >= 0.6 is 11.6 Å². The lowest BCUT2D eigenvalue weighted by Crippen LogP contribution is -2.26. The van der Waals surface area contributed by atoms with E-state index in [1.807, 2.05) is 12.1 Å². The van der Waals surface area contributed by atoms with E-state index in [0.717, 1.165) is 37.1 Å². The van der Waals surface area contributed by atoms with Gasteiger partial charge in [0.15, 0.2) is 11.5 Å². The highest BCUT2D eigenvalue weighted by atomic mass is 35.5. The van der Waals surface area contributed by atoms with Gasteiger partial charge in [0.2, 0.25) is 6.79 Å². The van der Waals surface area contributed by atoms with E-state index in [9.17, 15) is 0 Å². The van der Waals surface area contributed by atoms with Gasteiger partial charge in [0.25, 0.3) is 0 Å². The Labute approximate surface area is 118 Å². The highest BCUT2D eigenvalue weighted by Crippen LogP contribution is 2.39. The monoisotopic (exact) mass is 283 g/mol. The highest BCUT2D eigenvalue weighted by molar-refractivity contribution is 6.32. The van der Waals surface area contributed by atoms with Crippen LogP contribution in [0.4, 0.5) is 0 Å². The second-order valence-corrected chi connectivity index (χ2v) is 5.47. The number of benzene rings is 1. The molecule has 1 heterocycles. The van der Waals surface area contributed by atoms with E-state index in [-0.39, 0.29) is 6.79 Å². The molecule has 0 spiro atoms. The van der Waals surface area contributed by atoms with Crippen molar-refractivity contribution in [2.45, 2.75) is 38.0 Å². The van der Waals surface area contributed by atoms with E-state index in [4.69, 9.17) is 25.8 Å². The van der Waals surface area contributed by atoms with Gasteiger partial charge >= 0.3 is 0 Å². The van der Waals surface area contributed by atoms with E-state index in [0.29, 0.717) is 22.9 Å². The fourth-order valence-corrected chi connectivity index (χ4v) is 3.01. The summed E-state index contributed by atoms with van der Waals surface area (Å²) in [5, 5.41) is 4.16. The van der Waals surface area contributed by atoms with E-state index in [2.05, 4.69) is 5.32 Å². The Bertz CT molecular complexity index is 466. The predicted octanol–water partition coefficient (Wildman–Crippen LogP) is 2.73. The number of fused-ring (bicyclic) bond motifs is 1. The van der Waals surface area contributed by atoms with Crippen molar-refractivity contribution in [3.05, 3.63) is 22.7 Å². The van der Waals surface area contributed by atoms with Crippen LogP contribution < -0.4 is 14.8 Å². The molecular formula is C14H18ClNO3. The van der Waals surface area contributed by atoms with E-state index >= 15 is 0 Å². The third-order valence-electron chi connectivity index (χ3n) is 3.80. The zero-order chi connectivity index (χ0) is 13.2. The molecule has 1 aliphatic carbocycles. The number of methoxy groups -OCH3 is 1. The first-order chi connectivity index (χ1) is 9.26. The number of rotatable bonds is 4. The maximum Gasteiger partial charge on any atom is 0.231 e. The lowest BCUT2D eigenvalue weighted by molar-refractivity contribution is 0.107. The van der Waals surface area contributed by atoms with Crippen LogP contribution in [0.5, 0.6) is 11.5 Å². The Kier molecular flexibility index (Phi) is 3.82. The molecule has 4 nitrogen and oxygen atoms in total. The minimum atomic E-state index is 0.254. The van der Waals surface area contributed by atoms with Crippen LogP contribution in [-0.2, 0) is 11.3 Å². The van der Waals surface area contributed by atoms with Crippen molar-refractivity contribution >= 4 is 11.6 Å². The SMILES string of the molecule is COC1CCC(NCc2cc(Cl)c3c(c2)OCO3)C1. The molecule has 1 aromatic carbocycles. The molecule has 0 amide bonds. The molecule has 1 fully saturated rings. The summed E-state index contributed by atoms with van der Waals surface area (Å²) in [6, 6.07) is 4.45. The molecule has 1 N–H and O–H groups in total. The number of ether oxygens (including phenoxy) is 3. The quantitative estimate of drug-likeness (QED) is 0.922. The van der Waals surface area contributed by atoms with Crippen molar-refractivity contribution in [1.29, 1.82) is 0 Å². The van der Waals surface area contributed by atoms with Crippen molar-refractivity contribution in [2.75, 3.05) is 13.9 Å². The molecule has 2 unspecified atom stereocenters. The van der Waals surface area contributed by atoms with Crippen molar-refractivity contribution < 1.29 is 14.2 Å². The van der Waals surface area contributed by atoms with Gasteiger partial charge in [-0.05, 0) is 37.0 Å². The minimum absolute atomic E-state index is 0.254. The lowest BCUT2D eigenvalue weighted by atomic mass is 10.1. The smallest absolute Gasteiger partial charge is 0.231 e. The van der Waals surface area contributed by atoms with E-state index in [1.165, 1.54) is 0 Å². The molecule has 5 heteroatoms. The van der Waals surface area contributed by atoms with Gasteiger partial charge in [-0.1, -0.05) is 11.6 Å². The predicted molar refractivity (Wildman–Crippen MR) is 72.9 cm³/mol. The molecule has 2 atom stereocenters. The Morgan fingerprint density at radius 3 is 3.05 bits per heavy atom. The molecule has 0 radical (unpaired) electrons. The largest absolute Gasteiger partial charge is 0.454 e. The molecular weight excluding hydrogens is 266 g/mol. The second kappa shape index (κ2) is 5.57. The summed E-state index contributed by atoms with van der Waals surface area (Å²) in [4.78, 5) is 0.